The van der Waals surface area contributed by atoms with Gasteiger partial charge in [0.25, 0.3) is 5.91 Å². The maximum absolute atomic E-state index is 13.6. The fraction of sp³-hybridized carbons (Fsp3) is 0.185. The number of carbonyl (C=O) groups excluding carboxylic acids is 2. The summed E-state index contributed by atoms with van der Waals surface area (Å²) in [6.07, 6.45) is 3.20. The molecule has 0 aliphatic carbocycles. The number of hydrogen-bond acceptors (Lipinski definition) is 3. The first kappa shape index (κ1) is 21.4. The average Bonchev–Trinajstić information content (AvgIpc) is 2.85. The fourth-order valence-electron chi connectivity index (χ4n) is 3.83. The van der Waals surface area contributed by atoms with Crippen molar-refractivity contribution >= 4 is 12.0 Å². The lowest BCUT2D eigenvalue weighted by Gasteiger charge is -2.38. The molecule has 3 aromatic rings. The quantitative estimate of drug-likeness (QED) is 0.537. The van der Waals surface area contributed by atoms with E-state index in [1.54, 1.807) is 17.3 Å². The van der Waals surface area contributed by atoms with Crippen molar-refractivity contribution in [1.29, 1.82) is 0 Å². The van der Waals surface area contributed by atoms with Crippen LogP contribution in [-0.2, 0) is 22.6 Å². The van der Waals surface area contributed by atoms with Crippen LogP contribution in [0.1, 0.15) is 29.7 Å². The molecule has 5 nitrogen and oxygen atoms in total. The average molecular weight is 427 g/mol. The van der Waals surface area contributed by atoms with Gasteiger partial charge in [0.05, 0.1) is 6.04 Å². The van der Waals surface area contributed by atoms with E-state index in [1.165, 1.54) is 4.90 Å². The number of carbonyl (C=O) groups is 2. The molecule has 162 valence electrons. The molecule has 4 rings (SSSR count). The van der Waals surface area contributed by atoms with E-state index in [0.29, 0.717) is 6.42 Å². The molecule has 0 aromatic heterocycles. The summed E-state index contributed by atoms with van der Waals surface area (Å²) in [4.78, 5) is 29.6. The Hall–Kier alpha value is -3.86. The largest absolute Gasteiger partial charge is 0.444 e. The number of hydrogen-bond donors (Lipinski definition) is 0. The molecule has 0 saturated carbocycles. The van der Waals surface area contributed by atoms with Gasteiger partial charge < -0.3 is 9.64 Å². The SMILES string of the molecule is CC(c1ccccc1)N1C=CN(C(=O)OCc2ccccc2)[C@H](Cc2ccccc2)C1=O. The lowest BCUT2D eigenvalue weighted by Crippen LogP contribution is -2.52. The monoisotopic (exact) mass is 426 g/mol. The number of nitrogens with zero attached hydrogens (tertiary/aromatic N) is 2. The predicted octanol–water partition coefficient (Wildman–Crippen LogP) is 5.31. The van der Waals surface area contributed by atoms with Crippen molar-refractivity contribution < 1.29 is 14.3 Å². The Kier molecular flexibility index (Phi) is 6.66. The molecule has 0 bridgehead atoms. The zero-order chi connectivity index (χ0) is 22.3. The van der Waals surface area contributed by atoms with Crippen LogP contribution in [0.2, 0.25) is 0 Å². The molecular weight excluding hydrogens is 400 g/mol. The van der Waals surface area contributed by atoms with Crippen LogP contribution in [0.4, 0.5) is 4.79 Å². The molecule has 0 fully saturated rings. The van der Waals surface area contributed by atoms with Gasteiger partial charge in [-0.3, -0.25) is 9.69 Å². The Morgan fingerprint density at radius 3 is 2.03 bits per heavy atom. The molecule has 2 amide bonds. The van der Waals surface area contributed by atoms with E-state index in [2.05, 4.69) is 0 Å². The van der Waals surface area contributed by atoms with Crippen LogP contribution >= 0.6 is 0 Å². The molecule has 1 aliphatic heterocycles. The van der Waals surface area contributed by atoms with Gasteiger partial charge in [0.1, 0.15) is 12.6 Å². The van der Waals surface area contributed by atoms with Gasteiger partial charge in [-0.05, 0) is 23.6 Å². The van der Waals surface area contributed by atoms with Crippen LogP contribution in [0, 0.1) is 0 Å². The van der Waals surface area contributed by atoms with Crippen molar-refractivity contribution in [3.05, 3.63) is 120 Å². The predicted molar refractivity (Wildman–Crippen MR) is 123 cm³/mol. The van der Waals surface area contributed by atoms with Crippen LogP contribution < -0.4 is 0 Å². The minimum absolute atomic E-state index is 0.135. The van der Waals surface area contributed by atoms with Crippen molar-refractivity contribution in [2.45, 2.75) is 32.0 Å². The molecule has 0 N–H and O–H groups in total. The smallest absolute Gasteiger partial charge is 0.414 e. The van der Waals surface area contributed by atoms with Gasteiger partial charge in [-0.1, -0.05) is 91.0 Å². The summed E-state index contributed by atoms with van der Waals surface area (Å²) in [5.74, 6) is -0.135. The zero-order valence-corrected chi connectivity index (χ0v) is 18.0. The van der Waals surface area contributed by atoms with Crippen molar-refractivity contribution in [2.24, 2.45) is 0 Å². The molecule has 1 unspecified atom stereocenters. The Morgan fingerprint density at radius 2 is 1.41 bits per heavy atom. The van der Waals surface area contributed by atoms with Crippen LogP contribution in [0.15, 0.2) is 103 Å². The third kappa shape index (κ3) is 4.89. The summed E-state index contributed by atoms with van der Waals surface area (Å²) < 4.78 is 5.53. The third-order valence-corrected chi connectivity index (χ3v) is 5.65. The molecular formula is C27H26N2O3. The maximum Gasteiger partial charge on any atom is 0.414 e. The van der Waals surface area contributed by atoms with Gasteiger partial charge >= 0.3 is 6.09 Å². The van der Waals surface area contributed by atoms with Gasteiger partial charge in [0.15, 0.2) is 0 Å². The third-order valence-electron chi connectivity index (χ3n) is 5.65. The van der Waals surface area contributed by atoms with Crippen LogP contribution in [0.3, 0.4) is 0 Å². The highest BCUT2D eigenvalue weighted by Gasteiger charge is 2.37. The highest BCUT2D eigenvalue weighted by atomic mass is 16.6. The van der Waals surface area contributed by atoms with Crippen molar-refractivity contribution in [1.82, 2.24) is 9.80 Å². The molecule has 1 aliphatic rings. The Morgan fingerprint density at radius 1 is 0.844 bits per heavy atom. The second-order valence-corrected chi connectivity index (χ2v) is 7.78. The standard InChI is InChI=1S/C27H26N2O3/c1-21(24-15-9-4-10-16-24)28-17-18-29(27(31)32-20-23-13-7-3-8-14-23)25(26(28)30)19-22-11-5-2-6-12-22/h2-18,21,25H,19-20H2,1H3/t21?,25-/m1/s1. The highest BCUT2D eigenvalue weighted by molar-refractivity contribution is 5.89. The molecule has 0 saturated heterocycles. The van der Waals surface area contributed by atoms with Gasteiger partial charge in [-0.25, -0.2) is 4.79 Å². The van der Waals surface area contributed by atoms with Crippen molar-refractivity contribution in [2.75, 3.05) is 0 Å². The number of benzene rings is 3. The summed E-state index contributed by atoms with van der Waals surface area (Å²) in [5.41, 5.74) is 2.91. The summed E-state index contributed by atoms with van der Waals surface area (Å²) in [5, 5.41) is 0. The highest BCUT2D eigenvalue weighted by Crippen LogP contribution is 2.27. The number of amides is 2. The minimum Gasteiger partial charge on any atom is -0.444 e. The van der Waals surface area contributed by atoms with Crippen molar-refractivity contribution in [3.63, 3.8) is 0 Å². The Bertz CT molecular complexity index is 1070. The van der Waals surface area contributed by atoms with Crippen LogP contribution in [0.5, 0.6) is 0 Å². The first-order chi connectivity index (χ1) is 15.6. The van der Waals surface area contributed by atoms with E-state index in [4.69, 9.17) is 4.74 Å². The van der Waals surface area contributed by atoms with Crippen LogP contribution in [0.25, 0.3) is 0 Å². The Labute approximate surface area is 188 Å². The first-order valence-electron chi connectivity index (χ1n) is 10.7. The Balaban J connectivity index is 1.57. The summed E-state index contributed by atoms with van der Waals surface area (Å²) >= 11 is 0. The first-order valence-corrected chi connectivity index (χ1v) is 10.7. The van der Waals surface area contributed by atoms with E-state index in [9.17, 15) is 9.59 Å². The van der Waals surface area contributed by atoms with E-state index in [1.807, 2.05) is 97.9 Å². The van der Waals surface area contributed by atoms with E-state index >= 15 is 0 Å². The summed E-state index contributed by atoms with van der Waals surface area (Å²) in [7, 11) is 0. The van der Waals surface area contributed by atoms with Gasteiger partial charge in [-0.2, -0.15) is 0 Å². The summed E-state index contributed by atoms with van der Waals surface area (Å²) in [6, 6.07) is 28.2. The lowest BCUT2D eigenvalue weighted by atomic mass is 10.0. The van der Waals surface area contributed by atoms with Gasteiger partial charge in [-0.15, -0.1) is 0 Å². The topological polar surface area (TPSA) is 49.9 Å². The number of rotatable bonds is 6. The number of ether oxygens (including phenoxy) is 1. The minimum atomic E-state index is -0.683. The van der Waals surface area contributed by atoms with E-state index < -0.39 is 12.1 Å². The second-order valence-electron chi connectivity index (χ2n) is 7.78. The van der Waals surface area contributed by atoms with E-state index in [-0.39, 0.29) is 18.6 Å². The molecule has 2 atom stereocenters. The van der Waals surface area contributed by atoms with Gasteiger partial charge in [0.2, 0.25) is 0 Å². The van der Waals surface area contributed by atoms with Crippen molar-refractivity contribution in [3.8, 4) is 0 Å². The molecule has 1 heterocycles. The zero-order valence-electron chi connectivity index (χ0n) is 18.0. The molecule has 3 aromatic carbocycles. The molecule has 0 radical (unpaired) electrons. The maximum atomic E-state index is 13.6. The molecule has 5 heteroatoms. The van der Waals surface area contributed by atoms with Crippen LogP contribution in [-0.4, -0.2) is 27.8 Å². The molecule has 0 spiro atoms. The fourth-order valence-corrected chi connectivity index (χ4v) is 3.83. The molecule has 32 heavy (non-hydrogen) atoms. The van der Waals surface area contributed by atoms with Gasteiger partial charge in [0, 0.05) is 18.8 Å². The normalized spacial score (nSPS) is 16.7. The second kappa shape index (κ2) is 9.96. The summed E-state index contributed by atoms with van der Waals surface area (Å²) in [6.45, 7) is 2.14. The van der Waals surface area contributed by atoms with E-state index in [0.717, 1.165) is 16.7 Å². The lowest BCUT2D eigenvalue weighted by molar-refractivity contribution is -0.136.